The van der Waals surface area contributed by atoms with Crippen LogP contribution in [0.1, 0.15) is 6.92 Å². The number of halogens is 1. The summed E-state index contributed by atoms with van der Waals surface area (Å²) in [5.74, 6) is 0.0971. The molecule has 0 radical (unpaired) electrons. The Labute approximate surface area is 178 Å². The molecule has 1 aromatic heterocycles. The number of nitrogens with one attached hydrogen (secondary N) is 1. The number of amides is 1. The van der Waals surface area contributed by atoms with Crippen molar-refractivity contribution in [2.75, 3.05) is 5.32 Å². The molecule has 4 aromatic rings. The standard InChI is InChI=1S/C24H19FN2O2S/c1-16(23(28)26-20-14-12-19(25)13-15-20)30-24-27-21(17-8-4-2-5-9-17)22(29-24)18-10-6-3-7-11-18/h2-16H,1H3,(H,26,28)/t16-/m1/s1. The minimum Gasteiger partial charge on any atom is -0.431 e. The second kappa shape index (κ2) is 8.97. The molecule has 0 aliphatic rings. The summed E-state index contributed by atoms with van der Waals surface area (Å²) in [6.07, 6.45) is 0. The largest absolute Gasteiger partial charge is 0.431 e. The van der Waals surface area contributed by atoms with E-state index in [1.165, 1.54) is 36.0 Å². The minimum atomic E-state index is -0.457. The Hall–Kier alpha value is -3.38. The van der Waals surface area contributed by atoms with E-state index < -0.39 is 5.25 Å². The summed E-state index contributed by atoms with van der Waals surface area (Å²) >= 11 is 1.23. The Bertz CT molecular complexity index is 1070. The highest BCUT2D eigenvalue weighted by Crippen LogP contribution is 2.36. The summed E-state index contributed by atoms with van der Waals surface area (Å²) in [6.45, 7) is 1.78. The first-order valence-corrected chi connectivity index (χ1v) is 10.3. The van der Waals surface area contributed by atoms with Gasteiger partial charge in [0.05, 0.1) is 5.25 Å². The first-order chi connectivity index (χ1) is 14.6. The smallest absolute Gasteiger partial charge is 0.257 e. The van der Waals surface area contributed by atoms with Crippen molar-refractivity contribution >= 4 is 23.4 Å². The van der Waals surface area contributed by atoms with Gasteiger partial charge in [-0.1, -0.05) is 72.4 Å². The molecule has 1 N–H and O–H groups in total. The van der Waals surface area contributed by atoms with Gasteiger partial charge in [-0.3, -0.25) is 4.79 Å². The van der Waals surface area contributed by atoms with E-state index in [-0.39, 0.29) is 11.7 Å². The highest BCUT2D eigenvalue weighted by Gasteiger charge is 2.22. The van der Waals surface area contributed by atoms with Gasteiger partial charge in [0.15, 0.2) is 5.76 Å². The third-order valence-electron chi connectivity index (χ3n) is 4.45. The van der Waals surface area contributed by atoms with Crippen molar-refractivity contribution < 1.29 is 13.6 Å². The van der Waals surface area contributed by atoms with Crippen LogP contribution < -0.4 is 5.32 Å². The Kier molecular flexibility index (Phi) is 5.95. The number of anilines is 1. The van der Waals surface area contributed by atoms with Gasteiger partial charge in [-0.05, 0) is 31.2 Å². The van der Waals surface area contributed by atoms with Gasteiger partial charge in [-0.15, -0.1) is 0 Å². The van der Waals surface area contributed by atoms with Crippen LogP contribution in [0.3, 0.4) is 0 Å². The third-order valence-corrected chi connectivity index (χ3v) is 5.39. The average Bonchev–Trinajstić information content (AvgIpc) is 3.20. The lowest BCUT2D eigenvalue weighted by Gasteiger charge is -2.09. The lowest BCUT2D eigenvalue weighted by Crippen LogP contribution is -2.22. The zero-order valence-electron chi connectivity index (χ0n) is 16.2. The maximum absolute atomic E-state index is 13.1. The van der Waals surface area contributed by atoms with Crippen molar-refractivity contribution in [2.45, 2.75) is 17.4 Å². The van der Waals surface area contributed by atoms with Crippen molar-refractivity contribution in [3.63, 3.8) is 0 Å². The Morgan fingerprint density at radius 1 is 0.933 bits per heavy atom. The van der Waals surface area contributed by atoms with Gasteiger partial charge in [-0.25, -0.2) is 9.37 Å². The monoisotopic (exact) mass is 418 g/mol. The van der Waals surface area contributed by atoms with Crippen LogP contribution in [0.2, 0.25) is 0 Å². The number of benzene rings is 3. The molecule has 4 rings (SSSR count). The summed E-state index contributed by atoms with van der Waals surface area (Å²) in [5.41, 5.74) is 3.13. The predicted molar refractivity (Wildman–Crippen MR) is 118 cm³/mol. The van der Waals surface area contributed by atoms with Gasteiger partial charge in [0.2, 0.25) is 5.91 Å². The molecular weight excluding hydrogens is 399 g/mol. The van der Waals surface area contributed by atoms with E-state index in [1.54, 1.807) is 6.92 Å². The number of hydrogen-bond acceptors (Lipinski definition) is 4. The molecule has 0 aliphatic heterocycles. The summed E-state index contributed by atoms with van der Waals surface area (Å²) in [6, 6.07) is 25.2. The number of oxazole rings is 1. The predicted octanol–water partition coefficient (Wildman–Crippen LogP) is 6.27. The van der Waals surface area contributed by atoms with Crippen LogP contribution in [0.5, 0.6) is 0 Å². The van der Waals surface area contributed by atoms with E-state index in [0.29, 0.717) is 16.7 Å². The molecule has 0 saturated heterocycles. The number of thioether (sulfide) groups is 1. The molecule has 0 spiro atoms. The fourth-order valence-electron chi connectivity index (χ4n) is 2.91. The summed E-state index contributed by atoms with van der Waals surface area (Å²) in [7, 11) is 0. The second-order valence-corrected chi connectivity index (χ2v) is 7.94. The van der Waals surface area contributed by atoms with Crippen LogP contribution >= 0.6 is 11.8 Å². The number of carbonyl (C=O) groups is 1. The molecule has 0 bridgehead atoms. The summed E-state index contributed by atoms with van der Waals surface area (Å²) in [5, 5.41) is 2.73. The van der Waals surface area contributed by atoms with Crippen LogP contribution in [-0.4, -0.2) is 16.1 Å². The first-order valence-electron chi connectivity index (χ1n) is 9.45. The van der Waals surface area contributed by atoms with Gasteiger partial charge >= 0.3 is 0 Å². The van der Waals surface area contributed by atoms with Gasteiger partial charge < -0.3 is 9.73 Å². The van der Waals surface area contributed by atoms with Crippen LogP contribution in [-0.2, 0) is 4.79 Å². The summed E-state index contributed by atoms with van der Waals surface area (Å²) in [4.78, 5) is 17.2. The SMILES string of the molecule is C[C@@H](Sc1nc(-c2ccccc2)c(-c2ccccc2)o1)C(=O)Nc1ccc(F)cc1. The van der Waals surface area contributed by atoms with Crippen molar-refractivity contribution in [3.05, 3.63) is 90.7 Å². The van der Waals surface area contributed by atoms with E-state index in [0.717, 1.165) is 16.8 Å². The van der Waals surface area contributed by atoms with Gasteiger partial charge in [0.25, 0.3) is 5.22 Å². The van der Waals surface area contributed by atoms with E-state index in [2.05, 4.69) is 10.3 Å². The number of rotatable bonds is 6. The maximum Gasteiger partial charge on any atom is 0.257 e. The van der Waals surface area contributed by atoms with Crippen LogP contribution in [0.15, 0.2) is 94.6 Å². The topological polar surface area (TPSA) is 55.1 Å². The van der Waals surface area contributed by atoms with E-state index in [9.17, 15) is 9.18 Å². The maximum atomic E-state index is 13.1. The van der Waals surface area contributed by atoms with Crippen molar-refractivity contribution in [2.24, 2.45) is 0 Å². The molecule has 3 aromatic carbocycles. The van der Waals surface area contributed by atoms with E-state index in [1.807, 2.05) is 60.7 Å². The number of aromatic nitrogens is 1. The lowest BCUT2D eigenvalue weighted by atomic mass is 10.1. The molecule has 30 heavy (non-hydrogen) atoms. The molecule has 0 unspecified atom stereocenters. The van der Waals surface area contributed by atoms with Gasteiger partial charge in [-0.2, -0.15) is 0 Å². The quantitative estimate of drug-likeness (QED) is 0.375. The molecule has 1 heterocycles. The number of nitrogens with zero attached hydrogens (tertiary/aromatic N) is 1. The molecule has 150 valence electrons. The zero-order valence-corrected chi connectivity index (χ0v) is 17.0. The molecule has 0 saturated carbocycles. The fraction of sp³-hybridized carbons (Fsp3) is 0.0833. The van der Waals surface area contributed by atoms with Crippen LogP contribution in [0.25, 0.3) is 22.6 Å². The van der Waals surface area contributed by atoms with Crippen molar-refractivity contribution in [1.82, 2.24) is 4.98 Å². The minimum absolute atomic E-state index is 0.215. The Morgan fingerprint density at radius 3 is 2.17 bits per heavy atom. The third kappa shape index (κ3) is 4.60. The highest BCUT2D eigenvalue weighted by molar-refractivity contribution is 8.00. The first kappa shape index (κ1) is 19.9. The summed E-state index contributed by atoms with van der Waals surface area (Å²) < 4.78 is 19.1. The Balaban J connectivity index is 1.57. The highest BCUT2D eigenvalue weighted by atomic mass is 32.2. The Morgan fingerprint density at radius 2 is 1.53 bits per heavy atom. The van der Waals surface area contributed by atoms with Crippen LogP contribution in [0, 0.1) is 5.82 Å². The van der Waals surface area contributed by atoms with Gasteiger partial charge in [0, 0.05) is 16.8 Å². The van der Waals surface area contributed by atoms with Gasteiger partial charge in [0.1, 0.15) is 11.5 Å². The molecular formula is C24H19FN2O2S. The second-order valence-electron chi connectivity index (χ2n) is 6.65. The lowest BCUT2D eigenvalue weighted by molar-refractivity contribution is -0.115. The molecule has 6 heteroatoms. The van der Waals surface area contributed by atoms with Crippen molar-refractivity contribution in [3.8, 4) is 22.6 Å². The number of hydrogen-bond donors (Lipinski definition) is 1. The number of carbonyl (C=O) groups excluding carboxylic acids is 1. The molecule has 4 nitrogen and oxygen atoms in total. The molecule has 0 fully saturated rings. The van der Waals surface area contributed by atoms with Crippen molar-refractivity contribution in [1.29, 1.82) is 0 Å². The molecule has 1 atom stereocenters. The molecule has 0 aliphatic carbocycles. The molecule has 1 amide bonds. The van der Waals surface area contributed by atoms with E-state index in [4.69, 9.17) is 4.42 Å². The zero-order chi connectivity index (χ0) is 20.9. The van der Waals surface area contributed by atoms with Crippen LogP contribution in [0.4, 0.5) is 10.1 Å². The fourth-order valence-corrected chi connectivity index (χ4v) is 3.65. The van der Waals surface area contributed by atoms with E-state index >= 15 is 0 Å². The average molecular weight is 418 g/mol. The normalized spacial score (nSPS) is 11.8.